The summed E-state index contributed by atoms with van der Waals surface area (Å²) in [7, 11) is 1.68. The van der Waals surface area contributed by atoms with Crippen LogP contribution in [0.5, 0.6) is 0 Å². The summed E-state index contributed by atoms with van der Waals surface area (Å²) in [5.41, 5.74) is 0. The molecule has 0 radical (unpaired) electrons. The standard InChI is InChI=1S/C11H20O3/c1-3-10(14-2)8-6-4-5-7-9(8)11(12)13/h8-10H,3-7H2,1-2H3,(H,12,13). The van der Waals surface area contributed by atoms with Gasteiger partial charge in [0.1, 0.15) is 0 Å². The SMILES string of the molecule is CCC(OC)C1CCCCC1C(=O)O. The molecule has 0 bridgehead atoms. The topological polar surface area (TPSA) is 46.5 Å². The lowest BCUT2D eigenvalue weighted by Gasteiger charge is -2.33. The van der Waals surface area contributed by atoms with E-state index >= 15 is 0 Å². The molecule has 1 rings (SSSR count). The summed E-state index contributed by atoms with van der Waals surface area (Å²) < 4.78 is 5.36. The third-order valence-corrected chi connectivity index (χ3v) is 3.32. The number of carbonyl (C=O) groups is 1. The predicted octanol–water partition coefficient (Wildman–Crippen LogP) is 2.30. The van der Waals surface area contributed by atoms with Crippen LogP contribution >= 0.6 is 0 Å². The summed E-state index contributed by atoms with van der Waals surface area (Å²) in [6.07, 6.45) is 5.05. The van der Waals surface area contributed by atoms with Crippen molar-refractivity contribution in [2.45, 2.75) is 45.1 Å². The van der Waals surface area contributed by atoms with Gasteiger partial charge in [0.05, 0.1) is 12.0 Å². The van der Waals surface area contributed by atoms with Gasteiger partial charge in [-0.1, -0.05) is 19.8 Å². The van der Waals surface area contributed by atoms with Crippen molar-refractivity contribution in [1.29, 1.82) is 0 Å². The van der Waals surface area contributed by atoms with Gasteiger partial charge >= 0.3 is 5.97 Å². The van der Waals surface area contributed by atoms with Crippen LogP contribution in [-0.2, 0) is 9.53 Å². The van der Waals surface area contributed by atoms with E-state index in [1.807, 2.05) is 0 Å². The average molecular weight is 200 g/mol. The van der Waals surface area contributed by atoms with Gasteiger partial charge in [-0.05, 0) is 25.2 Å². The Morgan fingerprint density at radius 2 is 2.14 bits per heavy atom. The lowest BCUT2D eigenvalue weighted by atomic mass is 9.75. The first kappa shape index (κ1) is 11.5. The van der Waals surface area contributed by atoms with E-state index in [2.05, 4.69) is 6.92 Å². The van der Waals surface area contributed by atoms with Crippen molar-refractivity contribution < 1.29 is 14.6 Å². The number of aliphatic carboxylic acids is 1. The van der Waals surface area contributed by atoms with Crippen molar-refractivity contribution >= 4 is 5.97 Å². The molecule has 0 spiro atoms. The lowest BCUT2D eigenvalue weighted by Crippen LogP contribution is -2.36. The van der Waals surface area contributed by atoms with Gasteiger partial charge in [0.25, 0.3) is 0 Å². The van der Waals surface area contributed by atoms with E-state index in [4.69, 9.17) is 9.84 Å². The molecule has 3 nitrogen and oxygen atoms in total. The molecule has 0 aliphatic heterocycles. The van der Waals surface area contributed by atoms with Crippen molar-refractivity contribution in [3.63, 3.8) is 0 Å². The van der Waals surface area contributed by atoms with E-state index in [9.17, 15) is 4.79 Å². The van der Waals surface area contributed by atoms with E-state index in [0.717, 1.165) is 32.1 Å². The molecular formula is C11H20O3. The fraction of sp³-hybridized carbons (Fsp3) is 0.909. The normalized spacial score (nSPS) is 29.9. The van der Waals surface area contributed by atoms with Gasteiger partial charge in [-0.2, -0.15) is 0 Å². The Morgan fingerprint density at radius 3 is 2.64 bits per heavy atom. The Balaban J connectivity index is 2.65. The second-order valence-electron chi connectivity index (χ2n) is 4.08. The predicted molar refractivity (Wildman–Crippen MR) is 54.2 cm³/mol. The van der Waals surface area contributed by atoms with Crippen LogP contribution in [0.4, 0.5) is 0 Å². The minimum atomic E-state index is -0.648. The zero-order valence-corrected chi connectivity index (χ0v) is 9.03. The number of carboxylic acids is 1. The molecule has 3 atom stereocenters. The number of rotatable bonds is 4. The maximum absolute atomic E-state index is 11.0. The van der Waals surface area contributed by atoms with Crippen LogP contribution in [0.15, 0.2) is 0 Å². The largest absolute Gasteiger partial charge is 0.481 e. The maximum atomic E-state index is 11.0. The molecule has 0 saturated heterocycles. The summed E-state index contributed by atoms with van der Waals surface area (Å²) in [4.78, 5) is 11.0. The number of ether oxygens (including phenoxy) is 1. The van der Waals surface area contributed by atoms with Crippen molar-refractivity contribution in [1.82, 2.24) is 0 Å². The monoisotopic (exact) mass is 200 g/mol. The number of hydrogen-bond donors (Lipinski definition) is 1. The minimum absolute atomic E-state index is 0.122. The number of carboxylic acid groups (broad SMARTS) is 1. The van der Waals surface area contributed by atoms with Gasteiger partial charge in [-0.3, -0.25) is 4.79 Å². The van der Waals surface area contributed by atoms with Gasteiger partial charge in [0, 0.05) is 7.11 Å². The molecule has 1 fully saturated rings. The van der Waals surface area contributed by atoms with Crippen LogP contribution in [0.1, 0.15) is 39.0 Å². The van der Waals surface area contributed by atoms with Crippen LogP contribution in [0, 0.1) is 11.8 Å². The van der Waals surface area contributed by atoms with Crippen molar-refractivity contribution in [2.24, 2.45) is 11.8 Å². The molecule has 82 valence electrons. The highest BCUT2D eigenvalue weighted by molar-refractivity contribution is 5.70. The highest BCUT2D eigenvalue weighted by Crippen LogP contribution is 2.34. The molecular weight excluding hydrogens is 180 g/mol. The second-order valence-corrected chi connectivity index (χ2v) is 4.08. The molecule has 0 amide bonds. The quantitative estimate of drug-likeness (QED) is 0.757. The Kier molecular flexibility index (Phi) is 4.39. The van der Waals surface area contributed by atoms with E-state index in [0.29, 0.717) is 0 Å². The zero-order chi connectivity index (χ0) is 10.6. The zero-order valence-electron chi connectivity index (χ0n) is 9.03. The molecule has 0 aromatic carbocycles. The lowest BCUT2D eigenvalue weighted by molar-refractivity contribution is -0.147. The molecule has 14 heavy (non-hydrogen) atoms. The summed E-state index contributed by atoms with van der Waals surface area (Å²) in [6.45, 7) is 2.06. The van der Waals surface area contributed by atoms with Gasteiger partial charge in [-0.15, -0.1) is 0 Å². The van der Waals surface area contributed by atoms with Crippen molar-refractivity contribution in [2.75, 3.05) is 7.11 Å². The molecule has 1 aliphatic rings. The van der Waals surface area contributed by atoms with Crippen LogP contribution in [0.3, 0.4) is 0 Å². The summed E-state index contributed by atoms with van der Waals surface area (Å²) >= 11 is 0. The Hall–Kier alpha value is -0.570. The molecule has 1 saturated carbocycles. The Bertz CT molecular complexity index is 187. The van der Waals surface area contributed by atoms with Gasteiger partial charge in [0.15, 0.2) is 0 Å². The van der Waals surface area contributed by atoms with Crippen LogP contribution < -0.4 is 0 Å². The third-order valence-electron chi connectivity index (χ3n) is 3.32. The highest BCUT2D eigenvalue weighted by atomic mass is 16.5. The van der Waals surface area contributed by atoms with Crippen LogP contribution in [0.25, 0.3) is 0 Å². The molecule has 0 aromatic rings. The molecule has 3 unspecified atom stereocenters. The van der Waals surface area contributed by atoms with Crippen LogP contribution in [-0.4, -0.2) is 24.3 Å². The average Bonchev–Trinajstić information content (AvgIpc) is 2.20. The van der Waals surface area contributed by atoms with Crippen molar-refractivity contribution in [3.8, 4) is 0 Å². The first-order valence-electron chi connectivity index (χ1n) is 5.46. The van der Waals surface area contributed by atoms with Gasteiger partial charge in [0.2, 0.25) is 0 Å². The Labute approximate surface area is 85.5 Å². The minimum Gasteiger partial charge on any atom is -0.481 e. The fourth-order valence-electron chi connectivity index (χ4n) is 2.56. The smallest absolute Gasteiger partial charge is 0.306 e. The van der Waals surface area contributed by atoms with E-state index < -0.39 is 5.97 Å². The molecule has 3 heteroatoms. The van der Waals surface area contributed by atoms with E-state index in [1.165, 1.54) is 0 Å². The van der Waals surface area contributed by atoms with Gasteiger partial charge in [-0.25, -0.2) is 0 Å². The maximum Gasteiger partial charge on any atom is 0.306 e. The first-order chi connectivity index (χ1) is 6.70. The van der Waals surface area contributed by atoms with Crippen molar-refractivity contribution in [3.05, 3.63) is 0 Å². The molecule has 1 aliphatic carbocycles. The second kappa shape index (κ2) is 5.35. The fourth-order valence-corrected chi connectivity index (χ4v) is 2.56. The molecule has 0 aromatic heterocycles. The Morgan fingerprint density at radius 1 is 1.50 bits per heavy atom. The summed E-state index contributed by atoms with van der Waals surface area (Å²) in [6, 6.07) is 0. The van der Waals surface area contributed by atoms with E-state index in [1.54, 1.807) is 7.11 Å². The number of methoxy groups -OCH3 is 1. The van der Waals surface area contributed by atoms with Crippen LogP contribution in [0.2, 0.25) is 0 Å². The summed E-state index contributed by atoms with van der Waals surface area (Å²) in [5.74, 6) is -0.616. The summed E-state index contributed by atoms with van der Waals surface area (Å²) in [5, 5.41) is 9.09. The third kappa shape index (κ3) is 2.47. The number of hydrogen-bond acceptors (Lipinski definition) is 2. The van der Waals surface area contributed by atoms with Gasteiger partial charge < -0.3 is 9.84 Å². The first-order valence-corrected chi connectivity index (χ1v) is 5.46. The molecule has 1 N–H and O–H groups in total. The van der Waals surface area contributed by atoms with E-state index in [-0.39, 0.29) is 17.9 Å². The highest BCUT2D eigenvalue weighted by Gasteiger charge is 2.35. The molecule has 0 heterocycles.